The van der Waals surface area contributed by atoms with Crippen molar-refractivity contribution in [1.82, 2.24) is 0 Å². The molecule has 88 valence electrons. The minimum absolute atomic E-state index is 0.401. The quantitative estimate of drug-likeness (QED) is 0.864. The van der Waals surface area contributed by atoms with Crippen LogP contribution in [-0.2, 0) is 11.3 Å². The van der Waals surface area contributed by atoms with Crippen molar-refractivity contribution in [2.75, 3.05) is 0 Å². The van der Waals surface area contributed by atoms with E-state index in [9.17, 15) is 0 Å². The summed E-state index contributed by atoms with van der Waals surface area (Å²) in [5.74, 6) is 0. The smallest absolute Gasteiger partial charge is 0.0720 e. The molecular formula is C13H18INO. The molecule has 0 atom stereocenters. The van der Waals surface area contributed by atoms with Gasteiger partial charge in [-0.1, -0.05) is 12.1 Å². The van der Waals surface area contributed by atoms with Gasteiger partial charge in [-0.15, -0.1) is 0 Å². The van der Waals surface area contributed by atoms with Crippen LogP contribution in [-0.4, -0.2) is 12.1 Å². The zero-order valence-corrected chi connectivity index (χ0v) is 11.5. The fourth-order valence-electron chi connectivity index (χ4n) is 2.05. The molecule has 1 aromatic rings. The lowest BCUT2D eigenvalue weighted by atomic mass is 9.94. The molecule has 2 nitrogen and oxygen atoms in total. The average molecular weight is 331 g/mol. The summed E-state index contributed by atoms with van der Waals surface area (Å²) in [5, 5.41) is 0. The molecule has 0 amide bonds. The Labute approximate surface area is 111 Å². The van der Waals surface area contributed by atoms with Gasteiger partial charge in [0.25, 0.3) is 0 Å². The Balaban J connectivity index is 1.77. The highest BCUT2D eigenvalue weighted by molar-refractivity contribution is 14.1. The van der Waals surface area contributed by atoms with Crippen molar-refractivity contribution in [3.63, 3.8) is 0 Å². The van der Waals surface area contributed by atoms with Gasteiger partial charge in [-0.25, -0.2) is 0 Å². The maximum atomic E-state index is 5.90. The molecule has 0 bridgehead atoms. The van der Waals surface area contributed by atoms with Gasteiger partial charge in [0.2, 0.25) is 0 Å². The van der Waals surface area contributed by atoms with Crippen LogP contribution in [0, 0.1) is 3.57 Å². The Morgan fingerprint density at radius 2 is 1.75 bits per heavy atom. The van der Waals surface area contributed by atoms with Crippen LogP contribution in [0.3, 0.4) is 0 Å². The Morgan fingerprint density at radius 1 is 1.12 bits per heavy atom. The summed E-state index contributed by atoms with van der Waals surface area (Å²) in [6.07, 6.45) is 4.87. The lowest BCUT2D eigenvalue weighted by Crippen LogP contribution is -2.30. The first-order valence-corrected chi connectivity index (χ1v) is 6.93. The zero-order chi connectivity index (χ0) is 11.4. The zero-order valence-electron chi connectivity index (χ0n) is 9.36. The number of nitrogens with two attached hydrogens (primary N) is 1. The normalized spacial score (nSPS) is 25.6. The van der Waals surface area contributed by atoms with E-state index in [1.165, 1.54) is 9.13 Å². The molecule has 0 heterocycles. The molecule has 2 N–H and O–H groups in total. The van der Waals surface area contributed by atoms with Gasteiger partial charge in [-0.2, -0.15) is 0 Å². The van der Waals surface area contributed by atoms with Gasteiger partial charge < -0.3 is 10.5 Å². The van der Waals surface area contributed by atoms with E-state index in [0.717, 1.165) is 32.3 Å². The van der Waals surface area contributed by atoms with Crippen molar-refractivity contribution in [3.05, 3.63) is 33.4 Å². The number of hydrogen-bond acceptors (Lipinski definition) is 2. The van der Waals surface area contributed by atoms with Crippen LogP contribution in [0.25, 0.3) is 0 Å². The van der Waals surface area contributed by atoms with E-state index in [1.54, 1.807) is 0 Å². The molecular weight excluding hydrogens is 313 g/mol. The second kappa shape index (κ2) is 5.98. The van der Waals surface area contributed by atoms with Crippen LogP contribution in [0.1, 0.15) is 31.2 Å². The number of rotatable bonds is 3. The molecule has 0 spiro atoms. The van der Waals surface area contributed by atoms with Crippen LogP contribution in [0.2, 0.25) is 0 Å². The van der Waals surface area contributed by atoms with Crippen LogP contribution < -0.4 is 5.73 Å². The van der Waals surface area contributed by atoms with Gasteiger partial charge in [0, 0.05) is 9.61 Å². The Hall–Kier alpha value is -0.130. The summed E-state index contributed by atoms with van der Waals surface area (Å²) in [6, 6.07) is 8.91. The molecule has 0 radical (unpaired) electrons. The molecule has 0 aliphatic heterocycles. The predicted molar refractivity (Wildman–Crippen MR) is 74.2 cm³/mol. The van der Waals surface area contributed by atoms with Crippen LogP contribution in [0.15, 0.2) is 24.3 Å². The fraction of sp³-hybridized carbons (Fsp3) is 0.538. The van der Waals surface area contributed by atoms with E-state index in [0.29, 0.717) is 12.1 Å². The summed E-state index contributed by atoms with van der Waals surface area (Å²) in [4.78, 5) is 0. The molecule has 1 fully saturated rings. The van der Waals surface area contributed by atoms with Crippen molar-refractivity contribution < 1.29 is 4.74 Å². The van der Waals surface area contributed by atoms with Crippen molar-refractivity contribution in [2.45, 2.75) is 44.4 Å². The van der Waals surface area contributed by atoms with Gasteiger partial charge in [-0.3, -0.25) is 0 Å². The van der Waals surface area contributed by atoms with E-state index in [4.69, 9.17) is 10.5 Å². The maximum absolute atomic E-state index is 5.90. The molecule has 1 aromatic carbocycles. The minimum atomic E-state index is 0.401. The van der Waals surface area contributed by atoms with E-state index in [-0.39, 0.29) is 0 Å². The monoisotopic (exact) mass is 331 g/mol. The van der Waals surface area contributed by atoms with Gasteiger partial charge in [0.05, 0.1) is 12.7 Å². The van der Waals surface area contributed by atoms with Crippen molar-refractivity contribution >= 4 is 22.6 Å². The minimum Gasteiger partial charge on any atom is -0.374 e. The summed E-state index contributed by atoms with van der Waals surface area (Å²) >= 11 is 2.32. The molecule has 1 aliphatic rings. The summed E-state index contributed by atoms with van der Waals surface area (Å²) in [7, 11) is 0. The van der Waals surface area contributed by atoms with Gasteiger partial charge >= 0.3 is 0 Å². The Kier molecular flexibility index (Phi) is 4.61. The maximum Gasteiger partial charge on any atom is 0.0720 e. The third-order valence-corrected chi connectivity index (χ3v) is 3.84. The second-order valence-electron chi connectivity index (χ2n) is 4.47. The van der Waals surface area contributed by atoms with E-state index < -0.39 is 0 Å². The summed E-state index contributed by atoms with van der Waals surface area (Å²) in [6.45, 7) is 0.733. The molecule has 3 heteroatoms. The van der Waals surface area contributed by atoms with Crippen LogP contribution >= 0.6 is 22.6 Å². The van der Waals surface area contributed by atoms with Gasteiger partial charge in [0.15, 0.2) is 0 Å². The van der Waals surface area contributed by atoms with Gasteiger partial charge in [-0.05, 0) is 66.0 Å². The first-order valence-electron chi connectivity index (χ1n) is 5.85. The topological polar surface area (TPSA) is 35.2 Å². The molecule has 2 rings (SSSR count). The Bertz CT molecular complexity index is 317. The first kappa shape index (κ1) is 12.3. The van der Waals surface area contributed by atoms with Crippen LogP contribution in [0.5, 0.6) is 0 Å². The first-order chi connectivity index (χ1) is 7.74. The predicted octanol–water partition coefficient (Wildman–Crippen LogP) is 3.08. The average Bonchev–Trinajstić information content (AvgIpc) is 2.30. The summed E-state index contributed by atoms with van der Waals surface area (Å²) < 4.78 is 7.17. The van der Waals surface area contributed by atoms with E-state index in [1.807, 2.05) is 0 Å². The SMILES string of the molecule is NC1CCC(OCc2ccc(I)cc2)CC1. The van der Waals surface area contributed by atoms with Gasteiger partial charge in [0.1, 0.15) is 0 Å². The van der Waals surface area contributed by atoms with E-state index >= 15 is 0 Å². The Morgan fingerprint density at radius 3 is 2.38 bits per heavy atom. The molecule has 0 saturated heterocycles. The van der Waals surface area contributed by atoms with E-state index in [2.05, 4.69) is 46.9 Å². The van der Waals surface area contributed by atoms with Crippen molar-refractivity contribution in [2.24, 2.45) is 5.73 Å². The highest BCUT2D eigenvalue weighted by Crippen LogP contribution is 2.21. The van der Waals surface area contributed by atoms with Crippen LogP contribution in [0.4, 0.5) is 0 Å². The highest BCUT2D eigenvalue weighted by Gasteiger charge is 2.18. The lowest BCUT2D eigenvalue weighted by Gasteiger charge is -2.26. The third kappa shape index (κ3) is 3.71. The largest absolute Gasteiger partial charge is 0.374 e. The van der Waals surface area contributed by atoms with Crippen molar-refractivity contribution in [1.29, 1.82) is 0 Å². The third-order valence-electron chi connectivity index (χ3n) is 3.12. The molecule has 1 saturated carbocycles. The fourth-order valence-corrected chi connectivity index (χ4v) is 2.41. The molecule has 1 aliphatic carbocycles. The number of hydrogen-bond donors (Lipinski definition) is 1. The highest BCUT2D eigenvalue weighted by atomic mass is 127. The second-order valence-corrected chi connectivity index (χ2v) is 5.72. The standard InChI is InChI=1S/C13H18INO/c14-11-3-1-10(2-4-11)9-16-13-7-5-12(15)6-8-13/h1-4,12-13H,5-9,15H2. The lowest BCUT2D eigenvalue weighted by molar-refractivity contribution is 0.0138. The summed E-state index contributed by atoms with van der Waals surface area (Å²) in [5.41, 5.74) is 7.12. The molecule has 0 unspecified atom stereocenters. The molecule has 16 heavy (non-hydrogen) atoms. The number of halogens is 1. The number of ether oxygens (including phenoxy) is 1. The van der Waals surface area contributed by atoms with Crippen molar-refractivity contribution in [3.8, 4) is 0 Å². The number of benzene rings is 1. The molecule has 0 aromatic heterocycles.